The van der Waals surface area contributed by atoms with E-state index in [4.69, 9.17) is 16.3 Å². The van der Waals surface area contributed by atoms with Gasteiger partial charge >= 0.3 is 5.97 Å². The molecule has 2 aromatic carbocycles. The number of halogens is 1. The van der Waals surface area contributed by atoms with Crippen molar-refractivity contribution in [2.45, 2.75) is 26.7 Å². The second kappa shape index (κ2) is 8.49. The van der Waals surface area contributed by atoms with Crippen LogP contribution in [0.4, 0.5) is 11.4 Å². The molecule has 0 bridgehead atoms. The van der Waals surface area contributed by atoms with Crippen molar-refractivity contribution in [3.05, 3.63) is 70.4 Å². The van der Waals surface area contributed by atoms with Gasteiger partial charge in [0.2, 0.25) is 0 Å². The number of nitrogens with zero attached hydrogens (tertiary/aromatic N) is 1. The van der Waals surface area contributed by atoms with Crippen molar-refractivity contribution in [2.75, 3.05) is 16.8 Å². The van der Waals surface area contributed by atoms with E-state index in [2.05, 4.69) is 19.2 Å². The summed E-state index contributed by atoms with van der Waals surface area (Å²) in [5.74, 6) is -1.27. The number of imide groups is 1. The Morgan fingerprint density at radius 1 is 1.03 bits per heavy atom. The van der Waals surface area contributed by atoms with Gasteiger partial charge in [0.05, 0.1) is 17.9 Å². The molecule has 0 aromatic heterocycles. The Hall–Kier alpha value is -3.12. The molecule has 2 amide bonds. The third-order valence-corrected chi connectivity index (χ3v) is 4.86. The van der Waals surface area contributed by atoms with Crippen LogP contribution in [0.3, 0.4) is 0 Å². The van der Waals surface area contributed by atoms with Gasteiger partial charge in [-0.15, -0.1) is 0 Å². The highest BCUT2D eigenvalue weighted by atomic mass is 35.5. The van der Waals surface area contributed by atoms with Gasteiger partial charge in [-0.1, -0.05) is 37.6 Å². The Morgan fingerprint density at radius 2 is 1.66 bits per heavy atom. The van der Waals surface area contributed by atoms with Crippen molar-refractivity contribution in [2.24, 2.45) is 0 Å². The number of carbonyl (C=O) groups is 3. The normalized spacial score (nSPS) is 14.0. The number of amides is 2. The topological polar surface area (TPSA) is 75.7 Å². The average Bonchev–Trinajstić information content (AvgIpc) is 2.92. The maximum absolute atomic E-state index is 12.8. The summed E-state index contributed by atoms with van der Waals surface area (Å²) in [7, 11) is 0. The van der Waals surface area contributed by atoms with Gasteiger partial charge in [0, 0.05) is 5.69 Å². The van der Waals surface area contributed by atoms with Crippen molar-refractivity contribution in [3.63, 3.8) is 0 Å². The molecule has 3 rings (SSSR count). The lowest BCUT2D eigenvalue weighted by atomic mass is 10.0. The van der Waals surface area contributed by atoms with Crippen molar-refractivity contribution in [3.8, 4) is 0 Å². The minimum absolute atomic E-state index is 0.0171. The second-order valence-electron chi connectivity index (χ2n) is 6.80. The number of rotatable bonds is 6. The molecule has 0 unspecified atom stereocenters. The minimum Gasteiger partial charge on any atom is -0.462 e. The fourth-order valence-electron chi connectivity index (χ4n) is 2.90. The molecule has 0 fully saturated rings. The molecule has 1 N–H and O–H groups in total. The van der Waals surface area contributed by atoms with Crippen LogP contribution >= 0.6 is 11.6 Å². The minimum atomic E-state index is -0.623. The summed E-state index contributed by atoms with van der Waals surface area (Å²) < 4.78 is 4.93. The largest absolute Gasteiger partial charge is 0.462 e. The highest BCUT2D eigenvalue weighted by molar-refractivity contribution is 6.53. The number of nitrogens with one attached hydrogen (secondary N) is 1. The fourth-order valence-corrected chi connectivity index (χ4v) is 3.12. The first-order chi connectivity index (χ1) is 13.8. The highest BCUT2D eigenvalue weighted by Gasteiger charge is 2.39. The van der Waals surface area contributed by atoms with Crippen molar-refractivity contribution in [1.29, 1.82) is 0 Å². The van der Waals surface area contributed by atoms with Crippen LogP contribution in [-0.4, -0.2) is 24.4 Å². The van der Waals surface area contributed by atoms with Crippen LogP contribution in [0.5, 0.6) is 0 Å². The standard InChI is InChI=1S/C22H21ClN2O4/c1-4-29-22(28)15-7-11-17(12-8-15)25-20(26)18(23)19(21(25)27)24-16-9-5-14(6-10-16)13(2)3/h5-13,24H,4H2,1-3H3. The third kappa shape index (κ3) is 4.17. The first-order valence-corrected chi connectivity index (χ1v) is 9.64. The average molecular weight is 413 g/mol. The smallest absolute Gasteiger partial charge is 0.338 e. The van der Waals surface area contributed by atoms with Gasteiger partial charge in [0.1, 0.15) is 10.7 Å². The lowest BCUT2D eigenvalue weighted by Crippen LogP contribution is -2.32. The van der Waals surface area contributed by atoms with E-state index in [1.165, 1.54) is 24.3 Å². The Kier molecular flexibility index (Phi) is 6.03. The molecule has 150 valence electrons. The van der Waals surface area contributed by atoms with Gasteiger partial charge in [0.25, 0.3) is 11.8 Å². The van der Waals surface area contributed by atoms with Crippen LogP contribution in [0.2, 0.25) is 0 Å². The molecular weight excluding hydrogens is 392 g/mol. The van der Waals surface area contributed by atoms with Crippen LogP contribution in [-0.2, 0) is 14.3 Å². The predicted octanol–water partition coefficient (Wildman–Crippen LogP) is 4.42. The van der Waals surface area contributed by atoms with Crippen molar-refractivity contribution < 1.29 is 19.1 Å². The van der Waals surface area contributed by atoms with Gasteiger partial charge in [-0.25, -0.2) is 9.69 Å². The van der Waals surface area contributed by atoms with E-state index in [1.807, 2.05) is 24.3 Å². The molecule has 2 aromatic rings. The maximum atomic E-state index is 12.8. The Labute approximate surface area is 174 Å². The summed E-state index contributed by atoms with van der Waals surface area (Å²) >= 11 is 6.15. The van der Waals surface area contributed by atoms with Gasteiger partial charge in [-0.2, -0.15) is 0 Å². The zero-order chi connectivity index (χ0) is 21.1. The molecule has 0 radical (unpaired) electrons. The molecule has 0 spiro atoms. The molecule has 6 nitrogen and oxygen atoms in total. The Bertz CT molecular complexity index is 979. The summed E-state index contributed by atoms with van der Waals surface area (Å²) in [5.41, 5.74) is 2.48. The summed E-state index contributed by atoms with van der Waals surface area (Å²) in [6, 6.07) is 13.6. The fraction of sp³-hybridized carbons (Fsp3) is 0.227. The van der Waals surface area contributed by atoms with E-state index >= 15 is 0 Å². The lowest BCUT2D eigenvalue weighted by molar-refractivity contribution is -0.120. The number of benzene rings is 2. The molecule has 1 aliphatic rings. The quantitative estimate of drug-likeness (QED) is 0.561. The number of carbonyl (C=O) groups excluding carboxylic acids is 3. The van der Waals surface area contributed by atoms with E-state index in [-0.39, 0.29) is 17.3 Å². The van der Waals surface area contributed by atoms with Gasteiger partial charge < -0.3 is 10.1 Å². The zero-order valence-electron chi connectivity index (χ0n) is 16.4. The van der Waals surface area contributed by atoms with Gasteiger partial charge in [-0.3, -0.25) is 9.59 Å². The molecule has 1 aliphatic heterocycles. The van der Waals surface area contributed by atoms with E-state index in [0.717, 1.165) is 10.5 Å². The van der Waals surface area contributed by atoms with Crippen LogP contribution < -0.4 is 10.2 Å². The first kappa shape index (κ1) is 20.6. The number of hydrogen-bond donors (Lipinski definition) is 1. The summed E-state index contributed by atoms with van der Waals surface area (Å²) in [6.07, 6.45) is 0. The number of hydrogen-bond acceptors (Lipinski definition) is 5. The van der Waals surface area contributed by atoms with Crippen molar-refractivity contribution in [1.82, 2.24) is 0 Å². The second-order valence-corrected chi connectivity index (χ2v) is 7.18. The molecule has 0 saturated heterocycles. The first-order valence-electron chi connectivity index (χ1n) is 9.26. The molecule has 1 heterocycles. The van der Waals surface area contributed by atoms with Crippen molar-refractivity contribution >= 4 is 40.8 Å². The van der Waals surface area contributed by atoms with Crippen LogP contribution in [0.25, 0.3) is 0 Å². The van der Waals surface area contributed by atoms with Crippen LogP contribution in [0.15, 0.2) is 59.3 Å². The van der Waals surface area contributed by atoms with E-state index < -0.39 is 17.8 Å². The van der Waals surface area contributed by atoms with Gasteiger partial charge in [-0.05, 0) is 54.8 Å². The number of esters is 1. The Balaban J connectivity index is 1.80. The molecule has 7 heteroatoms. The molecule has 0 aliphatic carbocycles. The number of ether oxygens (including phenoxy) is 1. The molecule has 29 heavy (non-hydrogen) atoms. The van der Waals surface area contributed by atoms with Crippen LogP contribution in [0, 0.1) is 0 Å². The van der Waals surface area contributed by atoms with E-state index in [0.29, 0.717) is 22.9 Å². The SMILES string of the molecule is CCOC(=O)c1ccc(N2C(=O)C(Cl)=C(Nc3ccc(C(C)C)cc3)C2=O)cc1. The third-order valence-electron chi connectivity index (χ3n) is 4.51. The van der Waals surface area contributed by atoms with Crippen LogP contribution in [0.1, 0.15) is 42.6 Å². The molecule has 0 saturated carbocycles. The van der Waals surface area contributed by atoms with Gasteiger partial charge in [0.15, 0.2) is 0 Å². The summed E-state index contributed by atoms with van der Waals surface area (Å²) in [4.78, 5) is 38.1. The molecule has 0 atom stereocenters. The highest BCUT2D eigenvalue weighted by Crippen LogP contribution is 2.30. The monoisotopic (exact) mass is 412 g/mol. The predicted molar refractivity (Wildman–Crippen MR) is 112 cm³/mol. The zero-order valence-corrected chi connectivity index (χ0v) is 17.1. The Morgan fingerprint density at radius 3 is 2.21 bits per heavy atom. The van der Waals surface area contributed by atoms with E-state index in [1.54, 1.807) is 6.92 Å². The summed E-state index contributed by atoms with van der Waals surface area (Å²) in [5, 5.41) is 2.76. The molecular formula is C22H21ClN2O4. The summed E-state index contributed by atoms with van der Waals surface area (Å²) in [6.45, 7) is 6.15. The van der Waals surface area contributed by atoms with E-state index in [9.17, 15) is 14.4 Å². The maximum Gasteiger partial charge on any atom is 0.338 e. The number of anilines is 2. The lowest BCUT2D eigenvalue weighted by Gasteiger charge is -2.15.